The maximum Gasteiger partial charge on any atom is 0.264 e. The third-order valence-electron chi connectivity index (χ3n) is 7.03. The van der Waals surface area contributed by atoms with Gasteiger partial charge in [0, 0.05) is 24.0 Å². The Morgan fingerprint density at radius 1 is 0.844 bits per heavy atom. The number of amides is 2. The van der Waals surface area contributed by atoms with E-state index in [-0.39, 0.29) is 40.5 Å². The summed E-state index contributed by atoms with van der Waals surface area (Å²) < 4.78 is 34.4. The van der Waals surface area contributed by atoms with Crippen LogP contribution in [0.4, 0.5) is 5.69 Å². The van der Waals surface area contributed by atoms with Gasteiger partial charge in [0.1, 0.15) is 18.3 Å². The Morgan fingerprint density at radius 3 is 2.07 bits per heavy atom. The van der Waals surface area contributed by atoms with Crippen molar-refractivity contribution in [3.05, 3.63) is 124 Å². The summed E-state index contributed by atoms with van der Waals surface area (Å²) in [5.41, 5.74) is 1.59. The van der Waals surface area contributed by atoms with Gasteiger partial charge in [0.2, 0.25) is 11.8 Å². The minimum absolute atomic E-state index is 0.0132. The van der Waals surface area contributed by atoms with E-state index in [1.165, 1.54) is 42.3 Å². The van der Waals surface area contributed by atoms with Gasteiger partial charge < -0.3 is 15.0 Å². The molecule has 0 unspecified atom stereocenters. The van der Waals surface area contributed by atoms with Crippen molar-refractivity contribution in [1.29, 1.82) is 0 Å². The quantitative estimate of drug-likeness (QED) is 0.179. The molecule has 2 amide bonds. The fraction of sp³-hybridized carbons (Fsp3) is 0.235. The fourth-order valence-corrected chi connectivity index (χ4v) is 6.68. The molecule has 4 aromatic rings. The molecule has 4 aromatic carbocycles. The van der Waals surface area contributed by atoms with Crippen molar-refractivity contribution in [3.8, 4) is 5.75 Å². The fourth-order valence-electron chi connectivity index (χ4n) is 4.80. The Labute approximate surface area is 274 Å². The average Bonchev–Trinajstić information content (AvgIpc) is 3.02. The molecule has 45 heavy (non-hydrogen) atoms. The van der Waals surface area contributed by atoms with Gasteiger partial charge in [-0.2, -0.15) is 0 Å². The lowest BCUT2D eigenvalue weighted by atomic mass is 10.0. The summed E-state index contributed by atoms with van der Waals surface area (Å²) in [7, 11) is -2.82. The van der Waals surface area contributed by atoms with Crippen LogP contribution in [0, 0.1) is 0 Å². The van der Waals surface area contributed by atoms with Crippen molar-refractivity contribution in [2.45, 2.75) is 43.8 Å². The number of carbonyl (C=O) groups excluding carboxylic acids is 2. The molecule has 236 valence electrons. The van der Waals surface area contributed by atoms with Crippen molar-refractivity contribution in [2.24, 2.45) is 0 Å². The summed E-state index contributed by atoms with van der Waals surface area (Å²) in [5, 5.41) is 3.51. The SMILES string of the molecule is COc1ccc(N(CC(=O)N(Cc2ccccc2Cl)[C@H](Cc2ccccc2)C(=O)NC(C)C)S(=O)(=O)c2ccccc2)cc1Cl. The molecule has 0 fully saturated rings. The van der Waals surface area contributed by atoms with Crippen molar-refractivity contribution < 1.29 is 22.7 Å². The topological polar surface area (TPSA) is 96.0 Å². The molecule has 0 bridgehead atoms. The molecule has 0 aliphatic carbocycles. The standard InChI is InChI=1S/C34H35Cl2N3O5S/c1-24(2)37-34(41)31(20-25-12-6-4-7-13-25)38(22-26-14-10-11-17-29(26)35)33(40)23-39(27-18-19-32(44-3)30(36)21-27)45(42,43)28-15-8-5-9-16-28/h4-19,21,24,31H,20,22-23H2,1-3H3,(H,37,41)/t31-/m1/s1. The predicted molar refractivity (Wildman–Crippen MR) is 178 cm³/mol. The van der Waals surface area contributed by atoms with E-state index in [0.29, 0.717) is 16.3 Å². The maximum atomic E-state index is 14.5. The van der Waals surface area contributed by atoms with Crippen molar-refractivity contribution in [3.63, 3.8) is 0 Å². The third kappa shape index (κ3) is 8.57. The van der Waals surface area contributed by atoms with E-state index in [2.05, 4.69) is 5.32 Å². The van der Waals surface area contributed by atoms with Gasteiger partial charge in [0.15, 0.2) is 0 Å². The molecule has 8 nitrogen and oxygen atoms in total. The maximum absolute atomic E-state index is 14.5. The lowest BCUT2D eigenvalue weighted by Gasteiger charge is -2.34. The van der Waals surface area contributed by atoms with Crippen molar-refractivity contribution >= 4 is 50.7 Å². The first-order chi connectivity index (χ1) is 21.5. The van der Waals surface area contributed by atoms with Crippen LogP contribution in [0.2, 0.25) is 10.0 Å². The monoisotopic (exact) mass is 667 g/mol. The van der Waals surface area contributed by atoms with Gasteiger partial charge in [-0.3, -0.25) is 13.9 Å². The number of benzene rings is 4. The highest BCUT2D eigenvalue weighted by atomic mass is 35.5. The number of nitrogens with one attached hydrogen (secondary N) is 1. The molecule has 0 aliphatic heterocycles. The number of anilines is 1. The predicted octanol–water partition coefficient (Wildman–Crippen LogP) is 6.36. The van der Waals surface area contributed by atoms with Crippen LogP contribution in [0.1, 0.15) is 25.0 Å². The van der Waals surface area contributed by atoms with Gasteiger partial charge in [-0.1, -0.05) is 89.9 Å². The molecule has 4 rings (SSSR count). The van der Waals surface area contributed by atoms with Crippen LogP contribution < -0.4 is 14.4 Å². The van der Waals surface area contributed by atoms with Gasteiger partial charge in [-0.15, -0.1) is 0 Å². The van der Waals surface area contributed by atoms with E-state index in [9.17, 15) is 18.0 Å². The number of methoxy groups -OCH3 is 1. The Bertz CT molecular complexity index is 1720. The third-order valence-corrected chi connectivity index (χ3v) is 9.49. The second-order valence-electron chi connectivity index (χ2n) is 10.6. The molecule has 0 aromatic heterocycles. The molecule has 0 heterocycles. The lowest BCUT2D eigenvalue weighted by molar-refractivity contribution is -0.140. The molecule has 1 atom stereocenters. The normalized spacial score (nSPS) is 12.0. The van der Waals surface area contributed by atoms with Gasteiger partial charge in [0.25, 0.3) is 10.0 Å². The molecule has 11 heteroatoms. The number of halogens is 2. The van der Waals surface area contributed by atoms with Crippen LogP contribution in [-0.4, -0.2) is 50.9 Å². The number of rotatable bonds is 13. The van der Waals surface area contributed by atoms with Crippen LogP contribution in [0.3, 0.4) is 0 Å². The molecule has 0 radical (unpaired) electrons. The van der Waals surface area contributed by atoms with E-state index < -0.39 is 28.5 Å². The van der Waals surface area contributed by atoms with Gasteiger partial charge in [-0.05, 0) is 61.4 Å². The second-order valence-corrected chi connectivity index (χ2v) is 13.3. The van der Waals surface area contributed by atoms with Crippen molar-refractivity contribution in [2.75, 3.05) is 18.0 Å². The van der Waals surface area contributed by atoms with Gasteiger partial charge in [-0.25, -0.2) is 8.42 Å². The Kier molecular flexibility index (Phi) is 11.5. The number of hydrogen-bond donors (Lipinski definition) is 1. The molecule has 1 N–H and O–H groups in total. The van der Waals surface area contributed by atoms with Gasteiger partial charge >= 0.3 is 0 Å². The van der Waals surface area contributed by atoms with Crippen LogP contribution in [-0.2, 0) is 32.6 Å². The zero-order valence-electron chi connectivity index (χ0n) is 25.2. The summed E-state index contributed by atoms with van der Waals surface area (Å²) in [6, 6.07) is 27.4. The van der Waals surface area contributed by atoms with E-state index >= 15 is 0 Å². The zero-order valence-corrected chi connectivity index (χ0v) is 27.5. The first-order valence-corrected chi connectivity index (χ1v) is 16.5. The highest BCUT2D eigenvalue weighted by Crippen LogP contribution is 2.32. The van der Waals surface area contributed by atoms with Crippen LogP contribution in [0.25, 0.3) is 0 Å². The highest BCUT2D eigenvalue weighted by molar-refractivity contribution is 7.92. The summed E-state index contributed by atoms with van der Waals surface area (Å²) in [5.74, 6) is -0.641. The van der Waals surface area contributed by atoms with Crippen LogP contribution >= 0.6 is 23.2 Å². The summed E-state index contributed by atoms with van der Waals surface area (Å²) in [6.45, 7) is 3.01. The largest absolute Gasteiger partial charge is 0.495 e. The number of sulfonamides is 1. The smallest absolute Gasteiger partial charge is 0.264 e. The number of ether oxygens (including phenoxy) is 1. The number of carbonyl (C=O) groups is 2. The minimum Gasteiger partial charge on any atom is -0.495 e. The van der Waals surface area contributed by atoms with E-state index in [1.54, 1.807) is 42.5 Å². The van der Waals surface area contributed by atoms with Crippen LogP contribution in [0.5, 0.6) is 5.75 Å². The molecule has 0 spiro atoms. The van der Waals surface area contributed by atoms with E-state index in [0.717, 1.165) is 9.87 Å². The average molecular weight is 669 g/mol. The lowest BCUT2D eigenvalue weighted by Crippen LogP contribution is -2.54. The Balaban J connectivity index is 1.83. The minimum atomic E-state index is -4.26. The van der Waals surface area contributed by atoms with Crippen molar-refractivity contribution in [1.82, 2.24) is 10.2 Å². The Hall–Kier alpha value is -4.05. The van der Waals surface area contributed by atoms with E-state index in [1.807, 2.05) is 44.2 Å². The first-order valence-electron chi connectivity index (χ1n) is 14.3. The zero-order chi connectivity index (χ0) is 32.6. The molecule has 0 aliphatic rings. The highest BCUT2D eigenvalue weighted by Gasteiger charge is 2.35. The molecular weight excluding hydrogens is 633 g/mol. The summed E-state index contributed by atoms with van der Waals surface area (Å²) in [4.78, 5) is 29.6. The number of hydrogen-bond acceptors (Lipinski definition) is 5. The molecule has 0 saturated carbocycles. The van der Waals surface area contributed by atoms with E-state index in [4.69, 9.17) is 27.9 Å². The second kappa shape index (κ2) is 15.3. The molecule has 0 saturated heterocycles. The molecular formula is C34H35Cl2N3O5S. The number of nitrogens with zero attached hydrogens (tertiary/aromatic N) is 2. The summed E-state index contributed by atoms with van der Waals surface area (Å²) in [6.07, 6.45) is 0.190. The van der Waals surface area contributed by atoms with Crippen LogP contribution in [0.15, 0.2) is 108 Å². The first kappa shape index (κ1) is 33.8. The van der Waals surface area contributed by atoms with Gasteiger partial charge in [0.05, 0.1) is 22.7 Å². The Morgan fingerprint density at radius 2 is 1.47 bits per heavy atom. The summed E-state index contributed by atoms with van der Waals surface area (Å²) >= 11 is 12.9.